The molecule has 2 amide bonds. The first-order chi connectivity index (χ1) is 10.9. The Morgan fingerprint density at radius 3 is 2.78 bits per heavy atom. The number of hydrogen-bond acceptors (Lipinski definition) is 5. The van der Waals surface area contributed by atoms with Crippen LogP contribution in [-0.4, -0.2) is 16.0 Å². The van der Waals surface area contributed by atoms with Gasteiger partial charge in [-0.25, -0.2) is 14.8 Å². The highest BCUT2D eigenvalue weighted by Gasteiger charge is 2.17. The second kappa shape index (κ2) is 6.43. The van der Waals surface area contributed by atoms with Crippen molar-refractivity contribution in [2.24, 2.45) is 0 Å². The van der Waals surface area contributed by atoms with Crippen molar-refractivity contribution in [2.75, 3.05) is 10.6 Å². The standard InChI is InChI=1S/C15H15ClN4OS2/c1-7(2)12-10(5-17-14-13(12)18-8(3)23-14)20-15(21)19-9-4-11(16)22-6-9/h4-7H,1-3H3,(H2,19,20,21). The summed E-state index contributed by atoms with van der Waals surface area (Å²) in [6, 6.07) is 1.38. The highest BCUT2D eigenvalue weighted by molar-refractivity contribution is 7.18. The number of halogens is 1. The van der Waals surface area contributed by atoms with Crippen LogP contribution in [0.2, 0.25) is 4.34 Å². The fourth-order valence-corrected chi connectivity index (χ4v) is 3.93. The number of thiophene rings is 1. The predicted molar refractivity (Wildman–Crippen MR) is 98.2 cm³/mol. The lowest BCUT2D eigenvalue weighted by Gasteiger charge is -2.14. The van der Waals surface area contributed by atoms with Gasteiger partial charge in [0.25, 0.3) is 0 Å². The second-order valence-corrected chi connectivity index (χ2v) is 8.07. The van der Waals surface area contributed by atoms with Crippen molar-refractivity contribution in [1.82, 2.24) is 9.97 Å². The zero-order valence-electron chi connectivity index (χ0n) is 12.8. The summed E-state index contributed by atoms with van der Waals surface area (Å²) in [4.78, 5) is 22.1. The summed E-state index contributed by atoms with van der Waals surface area (Å²) in [6.45, 7) is 6.10. The normalized spacial score (nSPS) is 11.2. The van der Waals surface area contributed by atoms with Crippen LogP contribution in [-0.2, 0) is 0 Å². The molecule has 0 saturated carbocycles. The molecule has 2 N–H and O–H groups in total. The molecule has 23 heavy (non-hydrogen) atoms. The molecule has 0 aliphatic rings. The highest BCUT2D eigenvalue weighted by Crippen LogP contribution is 2.33. The molecule has 0 saturated heterocycles. The first-order valence-corrected chi connectivity index (χ1v) is 9.09. The predicted octanol–water partition coefficient (Wildman–Crippen LogP) is 5.48. The number of thiazole rings is 1. The van der Waals surface area contributed by atoms with Crippen molar-refractivity contribution >= 4 is 62.0 Å². The van der Waals surface area contributed by atoms with E-state index >= 15 is 0 Å². The molecule has 3 aromatic heterocycles. The number of aromatic nitrogens is 2. The summed E-state index contributed by atoms with van der Waals surface area (Å²) in [7, 11) is 0. The Morgan fingerprint density at radius 2 is 2.13 bits per heavy atom. The van der Waals surface area contributed by atoms with Crippen LogP contribution < -0.4 is 10.6 Å². The molecule has 0 radical (unpaired) electrons. The monoisotopic (exact) mass is 366 g/mol. The van der Waals surface area contributed by atoms with Crippen LogP contribution in [0.25, 0.3) is 10.3 Å². The van der Waals surface area contributed by atoms with Gasteiger partial charge in [-0.05, 0) is 18.9 Å². The molecule has 0 fully saturated rings. The van der Waals surface area contributed by atoms with Gasteiger partial charge in [-0.1, -0.05) is 36.8 Å². The first kappa shape index (κ1) is 16.2. The van der Waals surface area contributed by atoms with Crippen LogP contribution in [0, 0.1) is 6.92 Å². The van der Waals surface area contributed by atoms with Crippen LogP contribution in [0.4, 0.5) is 16.2 Å². The number of nitrogens with one attached hydrogen (secondary N) is 2. The summed E-state index contributed by atoms with van der Waals surface area (Å²) in [5.41, 5.74) is 3.20. The molecular weight excluding hydrogens is 352 g/mol. The lowest BCUT2D eigenvalue weighted by molar-refractivity contribution is 0.262. The third-order valence-electron chi connectivity index (χ3n) is 3.22. The van der Waals surface area contributed by atoms with Gasteiger partial charge in [0.15, 0.2) is 0 Å². The van der Waals surface area contributed by atoms with E-state index in [2.05, 4.69) is 34.4 Å². The maximum atomic E-state index is 12.2. The first-order valence-electron chi connectivity index (χ1n) is 7.02. The second-order valence-electron chi connectivity index (χ2n) is 5.35. The van der Waals surface area contributed by atoms with Gasteiger partial charge < -0.3 is 10.6 Å². The molecular formula is C15H15ClN4OS2. The van der Waals surface area contributed by atoms with Gasteiger partial charge in [0.2, 0.25) is 0 Å². The van der Waals surface area contributed by atoms with E-state index < -0.39 is 0 Å². The summed E-state index contributed by atoms with van der Waals surface area (Å²) >= 11 is 8.79. The third kappa shape index (κ3) is 3.46. The van der Waals surface area contributed by atoms with Gasteiger partial charge >= 0.3 is 6.03 Å². The number of hydrogen-bond donors (Lipinski definition) is 2. The van der Waals surface area contributed by atoms with E-state index in [9.17, 15) is 4.79 Å². The minimum atomic E-state index is -0.325. The molecule has 0 spiro atoms. The Hall–Kier alpha value is -1.70. The van der Waals surface area contributed by atoms with E-state index in [0.717, 1.165) is 20.9 Å². The number of rotatable bonds is 3. The third-order valence-corrected chi connectivity index (χ3v) is 5.19. The number of carbonyl (C=O) groups excluding carboxylic acids is 1. The van der Waals surface area contributed by atoms with Crippen LogP contribution in [0.15, 0.2) is 17.6 Å². The van der Waals surface area contributed by atoms with Gasteiger partial charge in [0.05, 0.1) is 26.9 Å². The van der Waals surface area contributed by atoms with E-state index in [1.165, 1.54) is 11.3 Å². The molecule has 3 rings (SSSR count). The summed E-state index contributed by atoms with van der Waals surface area (Å²) in [5.74, 6) is 0.216. The number of aryl methyl sites for hydroxylation is 1. The quantitative estimate of drug-likeness (QED) is 0.644. The van der Waals surface area contributed by atoms with Gasteiger partial charge in [-0.3, -0.25) is 0 Å². The number of fused-ring (bicyclic) bond motifs is 1. The molecule has 3 heterocycles. The van der Waals surface area contributed by atoms with Crippen LogP contribution >= 0.6 is 34.3 Å². The van der Waals surface area contributed by atoms with Crippen molar-refractivity contribution in [2.45, 2.75) is 26.7 Å². The molecule has 8 heteroatoms. The molecule has 0 aromatic carbocycles. The van der Waals surface area contributed by atoms with E-state index in [0.29, 0.717) is 15.7 Å². The van der Waals surface area contributed by atoms with Crippen molar-refractivity contribution in [3.8, 4) is 0 Å². The zero-order chi connectivity index (χ0) is 16.6. The maximum absolute atomic E-state index is 12.2. The molecule has 120 valence electrons. The van der Waals surface area contributed by atoms with E-state index in [-0.39, 0.29) is 11.9 Å². The summed E-state index contributed by atoms with van der Waals surface area (Å²) in [5, 5.41) is 8.38. The van der Waals surface area contributed by atoms with Crippen molar-refractivity contribution in [1.29, 1.82) is 0 Å². The number of amides is 2. The van der Waals surface area contributed by atoms with E-state index in [1.807, 2.05) is 6.92 Å². The van der Waals surface area contributed by atoms with Crippen LogP contribution in [0.1, 0.15) is 30.3 Å². The SMILES string of the molecule is Cc1nc2c(C(C)C)c(NC(=O)Nc3csc(Cl)c3)cnc2s1. The number of carbonyl (C=O) groups is 1. The minimum Gasteiger partial charge on any atom is -0.307 e. The number of urea groups is 1. The van der Waals surface area contributed by atoms with Gasteiger partial charge in [0, 0.05) is 10.9 Å². The number of nitrogens with zero attached hydrogens (tertiary/aromatic N) is 2. The summed E-state index contributed by atoms with van der Waals surface area (Å²) < 4.78 is 0.629. The van der Waals surface area contributed by atoms with E-state index in [4.69, 9.17) is 11.6 Å². The smallest absolute Gasteiger partial charge is 0.307 e. The average molecular weight is 367 g/mol. The largest absolute Gasteiger partial charge is 0.323 e. The highest BCUT2D eigenvalue weighted by atomic mass is 35.5. The van der Waals surface area contributed by atoms with Crippen LogP contribution in [0.5, 0.6) is 0 Å². The molecule has 0 bridgehead atoms. The summed E-state index contributed by atoms with van der Waals surface area (Å²) in [6.07, 6.45) is 1.69. The van der Waals surface area contributed by atoms with Crippen molar-refractivity contribution in [3.05, 3.63) is 32.6 Å². The van der Waals surface area contributed by atoms with Crippen LogP contribution in [0.3, 0.4) is 0 Å². The van der Waals surface area contributed by atoms with Gasteiger partial charge in [-0.2, -0.15) is 0 Å². The molecule has 0 atom stereocenters. The lowest BCUT2D eigenvalue weighted by atomic mass is 10.0. The molecule has 0 unspecified atom stereocenters. The number of pyridine rings is 1. The Balaban J connectivity index is 1.89. The maximum Gasteiger partial charge on any atom is 0.323 e. The average Bonchev–Trinajstić information content (AvgIpc) is 3.02. The molecule has 0 aliphatic heterocycles. The van der Waals surface area contributed by atoms with Crippen molar-refractivity contribution < 1.29 is 4.79 Å². The Morgan fingerprint density at radius 1 is 1.35 bits per heavy atom. The lowest BCUT2D eigenvalue weighted by Crippen LogP contribution is -2.20. The minimum absolute atomic E-state index is 0.216. The molecule has 3 aromatic rings. The fraction of sp³-hybridized carbons (Fsp3) is 0.267. The Bertz CT molecular complexity index is 872. The zero-order valence-corrected chi connectivity index (χ0v) is 15.2. The van der Waals surface area contributed by atoms with E-state index in [1.54, 1.807) is 29.0 Å². The number of anilines is 2. The molecule has 5 nitrogen and oxygen atoms in total. The molecule has 0 aliphatic carbocycles. The van der Waals surface area contributed by atoms with Gasteiger partial charge in [-0.15, -0.1) is 11.3 Å². The Labute approximate surface area is 146 Å². The Kier molecular flexibility index (Phi) is 4.52. The van der Waals surface area contributed by atoms with Crippen molar-refractivity contribution in [3.63, 3.8) is 0 Å². The van der Waals surface area contributed by atoms with Gasteiger partial charge in [0.1, 0.15) is 10.3 Å². The topological polar surface area (TPSA) is 66.9 Å². The fourth-order valence-electron chi connectivity index (χ4n) is 2.34.